The van der Waals surface area contributed by atoms with Gasteiger partial charge in [0.15, 0.2) is 10.2 Å². The third-order valence-corrected chi connectivity index (χ3v) is 4.74. The van der Waals surface area contributed by atoms with Crippen LogP contribution in [0, 0.1) is 5.82 Å². The van der Waals surface area contributed by atoms with Crippen molar-refractivity contribution < 1.29 is 23.5 Å². The lowest BCUT2D eigenvalue weighted by Crippen LogP contribution is -2.35. The van der Waals surface area contributed by atoms with Crippen molar-refractivity contribution in [2.24, 2.45) is 0 Å². The summed E-state index contributed by atoms with van der Waals surface area (Å²) >= 11 is 11.6. The van der Waals surface area contributed by atoms with Gasteiger partial charge in [-0.05, 0) is 66.9 Å². The molecule has 8 nitrogen and oxygen atoms in total. The molecule has 2 aromatic carbocycles. The van der Waals surface area contributed by atoms with Crippen molar-refractivity contribution in [3.63, 3.8) is 0 Å². The highest BCUT2D eigenvalue weighted by molar-refractivity contribution is 7.99. The molecular weight excluding hydrogens is 451 g/mol. The summed E-state index contributed by atoms with van der Waals surface area (Å²) in [6, 6.07) is 11.3. The highest BCUT2D eigenvalue weighted by Crippen LogP contribution is 2.33. The van der Waals surface area contributed by atoms with Crippen LogP contribution in [0.2, 0.25) is 0 Å². The minimum absolute atomic E-state index is 0.00400. The number of carbonyl (C=O) groups is 2. The number of benzene rings is 2. The minimum atomic E-state index is -0.735. The van der Waals surface area contributed by atoms with E-state index in [9.17, 15) is 14.0 Å². The molecule has 0 aliphatic heterocycles. The number of alkyl carbamates (subject to hydrolysis) is 2. The maximum atomic E-state index is 13.1. The molecule has 0 atom stereocenters. The molecule has 0 saturated carbocycles. The van der Waals surface area contributed by atoms with Crippen molar-refractivity contribution in [1.29, 1.82) is 0 Å². The maximum absolute atomic E-state index is 13.1. The van der Waals surface area contributed by atoms with Gasteiger partial charge >= 0.3 is 12.2 Å². The predicted molar refractivity (Wildman–Crippen MR) is 120 cm³/mol. The van der Waals surface area contributed by atoms with Crippen molar-refractivity contribution in [3.8, 4) is 0 Å². The van der Waals surface area contributed by atoms with Crippen LogP contribution in [-0.2, 0) is 9.47 Å². The Kier molecular flexibility index (Phi) is 8.77. The molecule has 0 aromatic heterocycles. The fourth-order valence-electron chi connectivity index (χ4n) is 2.03. The van der Waals surface area contributed by atoms with Gasteiger partial charge in [-0.15, -0.1) is 0 Å². The van der Waals surface area contributed by atoms with Crippen LogP contribution in [-0.4, -0.2) is 36.6 Å². The first-order valence-corrected chi connectivity index (χ1v) is 9.83. The van der Waals surface area contributed by atoms with Gasteiger partial charge in [0.05, 0.1) is 25.6 Å². The molecule has 4 N–H and O–H groups in total. The van der Waals surface area contributed by atoms with E-state index < -0.39 is 12.2 Å². The monoisotopic (exact) mass is 468 g/mol. The zero-order valence-corrected chi connectivity index (χ0v) is 18.2. The third-order valence-electron chi connectivity index (χ3n) is 3.34. The lowest BCUT2D eigenvalue weighted by molar-refractivity contribution is 0.176. The van der Waals surface area contributed by atoms with E-state index in [1.165, 1.54) is 38.1 Å². The molecule has 2 rings (SSSR count). The molecule has 0 saturated heterocycles. The number of ether oxygens (including phenoxy) is 2. The van der Waals surface area contributed by atoms with Crippen LogP contribution < -0.4 is 21.3 Å². The zero-order chi connectivity index (χ0) is 22.1. The number of methoxy groups -OCH3 is 2. The number of halogens is 1. The second-order valence-corrected chi connectivity index (χ2v) is 7.37. The summed E-state index contributed by atoms with van der Waals surface area (Å²) in [4.78, 5) is 24.3. The summed E-state index contributed by atoms with van der Waals surface area (Å²) < 4.78 is 22.1. The van der Waals surface area contributed by atoms with Gasteiger partial charge in [0, 0.05) is 9.79 Å². The molecule has 0 aliphatic rings. The Morgan fingerprint density at radius 2 is 1.33 bits per heavy atom. The van der Waals surface area contributed by atoms with Gasteiger partial charge in [0.1, 0.15) is 5.82 Å². The van der Waals surface area contributed by atoms with Crippen LogP contribution in [0.3, 0.4) is 0 Å². The van der Waals surface area contributed by atoms with E-state index in [-0.39, 0.29) is 16.0 Å². The second kappa shape index (κ2) is 11.3. The van der Waals surface area contributed by atoms with E-state index in [1.54, 1.807) is 30.3 Å². The number of amides is 2. The number of anilines is 2. The van der Waals surface area contributed by atoms with E-state index >= 15 is 0 Å². The summed E-state index contributed by atoms with van der Waals surface area (Å²) in [7, 11) is 2.42. The van der Waals surface area contributed by atoms with Crippen molar-refractivity contribution in [2.45, 2.75) is 9.79 Å². The smallest absolute Gasteiger partial charge is 0.413 e. The van der Waals surface area contributed by atoms with Crippen molar-refractivity contribution in [2.75, 3.05) is 24.9 Å². The van der Waals surface area contributed by atoms with E-state index in [0.717, 1.165) is 9.79 Å². The normalized spacial score (nSPS) is 9.83. The molecule has 30 heavy (non-hydrogen) atoms. The first kappa shape index (κ1) is 23.3. The highest BCUT2D eigenvalue weighted by atomic mass is 32.2. The third kappa shape index (κ3) is 7.46. The van der Waals surface area contributed by atoms with Gasteiger partial charge in [0.2, 0.25) is 0 Å². The maximum Gasteiger partial charge on any atom is 0.413 e. The summed E-state index contributed by atoms with van der Waals surface area (Å²) in [6.07, 6.45) is -1.46. The van der Waals surface area contributed by atoms with Gasteiger partial charge in [-0.25, -0.2) is 14.0 Å². The topological polar surface area (TPSA) is 101 Å². The molecule has 0 unspecified atom stereocenters. The number of thiocarbonyl (C=S) groups is 2. The van der Waals surface area contributed by atoms with E-state index in [1.807, 2.05) is 0 Å². The molecule has 0 aliphatic carbocycles. The molecule has 0 bridgehead atoms. The molecule has 0 heterocycles. The summed E-state index contributed by atoms with van der Waals surface area (Å²) in [6.45, 7) is 0. The standard InChI is InChI=1S/C18H17FN4O4S3/c1-26-17(24)22-15(28)20-13-8-7-12(30-11-5-3-10(19)4-6-11)9-14(13)21-16(29)23-18(25)27-2/h3-9H,1-2H3,(H2,20,22,24,28)(H2,21,23,25,29). The first-order valence-electron chi connectivity index (χ1n) is 8.20. The average Bonchev–Trinajstić information content (AvgIpc) is 2.71. The summed E-state index contributed by atoms with van der Waals surface area (Å²) in [5, 5.41) is 10.4. The minimum Gasteiger partial charge on any atom is -0.453 e. The Morgan fingerprint density at radius 1 is 0.833 bits per heavy atom. The van der Waals surface area contributed by atoms with Crippen molar-refractivity contribution >= 4 is 70.0 Å². The molecule has 2 aromatic rings. The van der Waals surface area contributed by atoms with Crippen LogP contribution >= 0.6 is 36.2 Å². The van der Waals surface area contributed by atoms with Gasteiger partial charge in [-0.3, -0.25) is 10.6 Å². The van der Waals surface area contributed by atoms with Crippen LogP contribution in [0.25, 0.3) is 0 Å². The van der Waals surface area contributed by atoms with E-state index in [2.05, 4.69) is 30.7 Å². The molecule has 12 heteroatoms. The van der Waals surface area contributed by atoms with Crippen molar-refractivity contribution in [1.82, 2.24) is 10.6 Å². The van der Waals surface area contributed by atoms with E-state index in [0.29, 0.717) is 11.4 Å². The van der Waals surface area contributed by atoms with Crippen LogP contribution in [0.4, 0.5) is 25.4 Å². The number of carbonyl (C=O) groups excluding carboxylic acids is 2. The van der Waals surface area contributed by atoms with Gasteiger partial charge in [-0.1, -0.05) is 11.8 Å². The first-order chi connectivity index (χ1) is 14.3. The Bertz CT molecular complexity index is 957. The van der Waals surface area contributed by atoms with Gasteiger partial charge in [0.25, 0.3) is 0 Å². The Labute approximate surface area is 186 Å². The lowest BCUT2D eigenvalue weighted by atomic mass is 10.2. The molecule has 0 spiro atoms. The van der Waals surface area contributed by atoms with E-state index in [4.69, 9.17) is 24.4 Å². The Hall–Kier alpha value is -2.96. The summed E-state index contributed by atoms with van der Waals surface area (Å²) in [5.41, 5.74) is 0.923. The second-order valence-electron chi connectivity index (χ2n) is 5.40. The largest absolute Gasteiger partial charge is 0.453 e. The molecule has 0 radical (unpaired) electrons. The van der Waals surface area contributed by atoms with Crippen LogP contribution in [0.5, 0.6) is 0 Å². The molecule has 2 amide bonds. The molecule has 0 fully saturated rings. The molecular formula is C18H17FN4O4S3. The molecule has 158 valence electrons. The van der Waals surface area contributed by atoms with Gasteiger partial charge < -0.3 is 20.1 Å². The van der Waals surface area contributed by atoms with Crippen molar-refractivity contribution in [3.05, 3.63) is 48.3 Å². The fraction of sp³-hybridized carbons (Fsp3) is 0.111. The van der Waals surface area contributed by atoms with Crippen LogP contribution in [0.15, 0.2) is 52.3 Å². The summed E-state index contributed by atoms with van der Waals surface area (Å²) in [5.74, 6) is -0.327. The Morgan fingerprint density at radius 3 is 1.87 bits per heavy atom. The number of hydrogen-bond donors (Lipinski definition) is 4. The number of nitrogens with one attached hydrogen (secondary N) is 4. The number of rotatable bonds is 4. The zero-order valence-electron chi connectivity index (χ0n) is 15.8. The average molecular weight is 469 g/mol. The number of hydrogen-bond acceptors (Lipinski definition) is 7. The van der Waals surface area contributed by atoms with Crippen LogP contribution in [0.1, 0.15) is 0 Å². The highest BCUT2D eigenvalue weighted by Gasteiger charge is 2.12. The fourth-order valence-corrected chi connectivity index (χ4v) is 3.28. The lowest BCUT2D eigenvalue weighted by Gasteiger charge is -2.16. The Balaban J connectivity index is 2.24. The predicted octanol–water partition coefficient (Wildman–Crippen LogP) is 4.08. The SMILES string of the molecule is COC(=O)NC(=S)Nc1ccc(Sc2ccc(F)cc2)cc1NC(=S)NC(=O)OC. The quantitative estimate of drug-likeness (QED) is 0.495. The van der Waals surface area contributed by atoms with Gasteiger partial charge in [-0.2, -0.15) is 0 Å².